The van der Waals surface area contributed by atoms with Crippen LogP contribution in [0.4, 0.5) is 0 Å². The molecule has 0 bridgehead atoms. The molecule has 1 heterocycles. The topological polar surface area (TPSA) is 47.8 Å². The molecule has 0 atom stereocenters. The normalized spacial score (nSPS) is 11.7. The summed E-state index contributed by atoms with van der Waals surface area (Å²) < 4.78 is 1.69. The SMILES string of the molecule is O=C(/C=C(/c1ccccc1)n1nnc2ccccc21)c1ccc(Cl)cc1. The summed E-state index contributed by atoms with van der Waals surface area (Å²) in [5.41, 5.74) is 3.72. The lowest BCUT2D eigenvalue weighted by molar-refractivity contribution is 0.104. The zero-order valence-electron chi connectivity index (χ0n) is 13.7. The molecule has 0 aliphatic heterocycles. The van der Waals surface area contributed by atoms with Crippen LogP contribution in [0.1, 0.15) is 15.9 Å². The number of allylic oxidation sites excluding steroid dienone is 1. The Morgan fingerprint density at radius 2 is 1.54 bits per heavy atom. The van der Waals surface area contributed by atoms with Gasteiger partial charge >= 0.3 is 0 Å². The maximum Gasteiger partial charge on any atom is 0.188 e. The van der Waals surface area contributed by atoms with Crippen LogP contribution >= 0.6 is 11.6 Å². The van der Waals surface area contributed by atoms with Crippen molar-refractivity contribution >= 4 is 34.1 Å². The molecule has 3 aromatic carbocycles. The molecule has 0 spiro atoms. The summed E-state index contributed by atoms with van der Waals surface area (Å²) in [6, 6.07) is 24.2. The Labute approximate surface area is 155 Å². The quantitative estimate of drug-likeness (QED) is 0.386. The van der Waals surface area contributed by atoms with Crippen molar-refractivity contribution in [3.05, 3.63) is 101 Å². The van der Waals surface area contributed by atoms with E-state index in [9.17, 15) is 4.79 Å². The number of fused-ring (bicyclic) bond motifs is 1. The van der Waals surface area contributed by atoms with Crippen LogP contribution in [0.2, 0.25) is 5.02 Å². The molecule has 1 aromatic heterocycles. The van der Waals surface area contributed by atoms with E-state index in [-0.39, 0.29) is 5.78 Å². The van der Waals surface area contributed by atoms with Gasteiger partial charge in [-0.3, -0.25) is 4.79 Å². The van der Waals surface area contributed by atoms with Gasteiger partial charge in [-0.05, 0) is 36.4 Å². The van der Waals surface area contributed by atoms with E-state index in [4.69, 9.17) is 11.6 Å². The van der Waals surface area contributed by atoms with Gasteiger partial charge in [0, 0.05) is 22.2 Å². The van der Waals surface area contributed by atoms with Crippen molar-refractivity contribution in [2.24, 2.45) is 0 Å². The average Bonchev–Trinajstić information content (AvgIpc) is 3.11. The first-order valence-electron chi connectivity index (χ1n) is 8.10. The standard InChI is InChI=1S/C21H14ClN3O/c22-17-12-10-16(11-13-17)21(26)14-20(15-6-2-1-3-7-15)25-19-9-5-4-8-18(19)23-24-25/h1-14H/b20-14-. The summed E-state index contributed by atoms with van der Waals surface area (Å²) >= 11 is 5.92. The van der Waals surface area contributed by atoms with Gasteiger partial charge in [-0.15, -0.1) is 5.10 Å². The van der Waals surface area contributed by atoms with E-state index in [2.05, 4.69) is 10.3 Å². The number of benzene rings is 3. The van der Waals surface area contributed by atoms with Crippen molar-refractivity contribution in [1.29, 1.82) is 0 Å². The van der Waals surface area contributed by atoms with Crippen LogP contribution < -0.4 is 0 Å². The van der Waals surface area contributed by atoms with Crippen LogP contribution in [0.3, 0.4) is 0 Å². The Bertz CT molecular complexity index is 1100. The zero-order chi connectivity index (χ0) is 17.9. The van der Waals surface area contributed by atoms with E-state index >= 15 is 0 Å². The highest BCUT2D eigenvalue weighted by molar-refractivity contribution is 6.30. The minimum absolute atomic E-state index is 0.125. The molecular weight excluding hydrogens is 346 g/mol. The summed E-state index contributed by atoms with van der Waals surface area (Å²) in [7, 11) is 0. The van der Waals surface area contributed by atoms with Gasteiger partial charge in [-0.2, -0.15) is 0 Å². The third-order valence-corrected chi connectivity index (χ3v) is 4.30. The number of ketones is 1. The molecule has 4 aromatic rings. The molecule has 0 aliphatic carbocycles. The van der Waals surface area contributed by atoms with Crippen molar-refractivity contribution in [3.63, 3.8) is 0 Å². The minimum atomic E-state index is -0.125. The fraction of sp³-hybridized carbons (Fsp3) is 0. The number of carbonyl (C=O) groups excluding carboxylic acids is 1. The van der Waals surface area contributed by atoms with Crippen LogP contribution in [0.5, 0.6) is 0 Å². The second kappa shape index (κ2) is 6.94. The smallest absolute Gasteiger partial charge is 0.188 e. The summed E-state index contributed by atoms with van der Waals surface area (Å²) in [5.74, 6) is -0.125. The first-order chi connectivity index (χ1) is 12.7. The first kappa shape index (κ1) is 16.2. The molecule has 0 amide bonds. The molecule has 0 unspecified atom stereocenters. The van der Waals surface area contributed by atoms with Gasteiger partial charge in [-0.1, -0.05) is 59.3 Å². The third-order valence-electron chi connectivity index (χ3n) is 4.05. The predicted molar refractivity (Wildman–Crippen MR) is 103 cm³/mol. The summed E-state index contributed by atoms with van der Waals surface area (Å²) in [5, 5.41) is 9.05. The molecule has 0 fully saturated rings. The van der Waals surface area contributed by atoms with Crippen molar-refractivity contribution < 1.29 is 4.79 Å². The van der Waals surface area contributed by atoms with Crippen molar-refractivity contribution in [1.82, 2.24) is 15.0 Å². The molecule has 0 saturated carbocycles. The molecule has 26 heavy (non-hydrogen) atoms. The Kier molecular flexibility index (Phi) is 4.33. The molecule has 0 N–H and O–H groups in total. The van der Waals surface area contributed by atoms with Gasteiger partial charge < -0.3 is 0 Å². The fourth-order valence-electron chi connectivity index (χ4n) is 2.74. The van der Waals surface area contributed by atoms with Gasteiger partial charge in [0.1, 0.15) is 5.52 Å². The number of rotatable bonds is 4. The predicted octanol–water partition coefficient (Wildman–Crippen LogP) is 4.86. The molecular formula is C21H14ClN3O. The molecule has 126 valence electrons. The summed E-state index contributed by atoms with van der Waals surface area (Å²) in [6.07, 6.45) is 1.58. The highest BCUT2D eigenvalue weighted by atomic mass is 35.5. The number of aromatic nitrogens is 3. The van der Waals surface area contributed by atoms with Gasteiger partial charge in [0.25, 0.3) is 0 Å². The number of hydrogen-bond acceptors (Lipinski definition) is 3. The Morgan fingerprint density at radius 3 is 2.31 bits per heavy atom. The Morgan fingerprint density at radius 1 is 0.846 bits per heavy atom. The monoisotopic (exact) mass is 359 g/mol. The highest BCUT2D eigenvalue weighted by Crippen LogP contribution is 2.22. The number of nitrogens with zero attached hydrogens (tertiary/aromatic N) is 3. The van der Waals surface area contributed by atoms with E-state index in [1.807, 2.05) is 54.6 Å². The largest absolute Gasteiger partial charge is 0.289 e. The first-order valence-corrected chi connectivity index (χ1v) is 8.48. The lowest BCUT2D eigenvalue weighted by atomic mass is 10.1. The molecule has 4 rings (SSSR count). The number of halogens is 1. The molecule has 0 radical (unpaired) electrons. The van der Waals surface area contributed by atoms with Gasteiger partial charge in [0.2, 0.25) is 0 Å². The van der Waals surface area contributed by atoms with Gasteiger partial charge in [0.15, 0.2) is 5.78 Å². The van der Waals surface area contributed by atoms with Crippen molar-refractivity contribution in [3.8, 4) is 0 Å². The third kappa shape index (κ3) is 3.15. The second-order valence-electron chi connectivity index (χ2n) is 5.76. The second-order valence-corrected chi connectivity index (χ2v) is 6.19. The van der Waals surface area contributed by atoms with Gasteiger partial charge in [0.05, 0.1) is 11.2 Å². The Balaban J connectivity index is 1.86. The maximum atomic E-state index is 12.8. The number of carbonyl (C=O) groups is 1. The summed E-state index contributed by atoms with van der Waals surface area (Å²) in [4.78, 5) is 12.8. The fourth-order valence-corrected chi connectivity index (χ4v) is 2.87. The summed E-state index contributed by atoms with van der Waals surface area (Å²) in [6.45, 7) is 0. The van der Waals surface area contributed by atoms with Crippen LogP contribution in [0.25, 0.3) is 16.7 Å². The van der Waals surface area contributed by atoms with E-state index in [0.29, 0.717) is 16.3 Å². The molecule has 0 saturated heterocycles. The van der Waals surface area contributed by atoms with Crippen LogP contribution in [-0.2, 0) is 0 Å². The maximum absolute atomic E-state index is 12.8. The Hall–Kier alpha value is -3.24. The van der Waals surface area contributed by atoms with Crippen molar-refractivity contribution in [2.75, 3.05) is 0 Å². The lowest BCUT2D eigenvalue weighted by Gasteiger charge is -2.09. The molecule has 5 heteroatoms. The molecule has 4 nitrogen and oxygen atoms in total. The lowest BCUT2D eigenvalue weighted by Crippen LogP contribution is -2.05. The molecule has 0 aliphatic rings. The van der Waals surface area contributed by atoms with Crippen LogP contribution in [-0.4, -0.2) is 20.8 Å². The van der Waals surface area contributed by atoms with E-state index < -0.39 is 0 Å². The minimum Gasteiger partial charge on any atom is -0.289 e. The zero-order valence-corrected chi connectivity index (χ0v) is 14.5. The average molecular weight is 360 g/mol. The van der Waals surface area contributed by atoms with E-state index in [1.165, 1.54) is 0 Å². The number of para-hydroxylation sites is 1. The van der Waals surface area contributed by atoms with Crippen molar-refractivity contribution in [2.45, 2.75) is 0 Å². The highest BCUT2D eigenvalue weighted by Gasteiger charge is 2.13. The number of hydrogen-bond donors (Lipinski definition) is 0. The van der Waals surface area contributed by atoms with Crippen LogP contribution in [0, 0.1) is 0 Å². The van der Waals surface area contributed by atoms with E-state index in [1.54, 1.807) is 35.0 Å². The van der Waals surface area contributed by atoms with Crippen LogP contribution in [0.15, 0.2) is 84.9 Å². The van der Waals surface area contributed by atoms with Gasteiger partial charge in [-0.25, -0.2) is 4.68 Å². The van der Waals surface area contributed by atoms with E-state index in [0.717, 1.165) is 16.6 Å².